The number of alkyl halides is 2. The zero-order valence-electron chi connectivity index (χ0n) is 20.2. The monoisotopic (exact) mass is 518 g/mol. The molecule has 196 valence electrons. The molecule has 2 aliphatic heterocycles. The molecule has 0 aliphatic carbocycles. The maximum absolute atomic E-state index is 14.0. The minimum absolute atomic E-state index is 0.00980. The van der Waals surface area contributed by atoms with Crippen LogP contribution in [0.4, 0.5) is 23.4 Å². The van der Waals surface area contributed by atoms with Gasteiger partial charge in [0.1, 0.15) is 24.2 Å². The van der Waals surface area contributed by atoms with Gasteiger partial charge in [-0.1, -0.05) is 0 Å². The number of fused-ring (bicyclic) bond motifs is 1. The first-order chi connectivity index (χ1) is 17.8. The third kappa shape index (κ3) is 5.52. The number of nitrogens with zero attached hydrogens (tertiary/aromatic N) is 6. The van der Waals surface area contributed by atoms with Crippen molar-refractivity contribution in [2.24, 2.45) is 0 Å². The average Bonchev–Trinajstić information content (AvgIpc) is 3.32. The van der Waals surface area contributed by atoms with Crippen LogP contribution in [-0.4, -0.2) is 62.7 Å². The van der Waals surface area contributed by atoms with E-state index < -0.39 is 24.6 Å². The maximum atomic E-state index is 14.0. The van der Waals surface area contributed by atoms with Gasteiger partial charge < -0.3 is 14.5 Å². The van der Waals surface area contributed by atoms with Crippen LogP contribution >= 0.6 is 0 Å². The molecule has 8 nitrogen and oxygen atoms in total. The average molecular weight is 519 g/mol. The number of carbonyl (C=O) groups excluding carboxylic acids is 1. The van der Waals surface area contributed by atoms with E-state index >= 15 is 0 Å². The Morgan fingerprint density at radius 1 is 1.14 bits per heavy atom. The molecular formula is C25H26F4N6O2. The van der Waals surface area contributed by atoms with Gasteiger partial charge in [0, 0.05) is 63.6 Å². The molecule has 0 saturated carbocycles. The van der Waals surface area contributed by atoms with Gasteiger partial charge >= 0.3 is 0 Å². The fourth-order valence-corrected chi connectivity index (χ4v) is 4.67. The lowest BCUT2D eigenvalue weighted by Gasteiger charge is -2.35. The molecule has 5 rings (SSSR count). The molecule has 2 aromatic heterocycles. The summed E-state index contributed by atoms with van der Waals surface area (Å²) >= 11 is 0. The number of carbonyl (C=O) groups is 1. The second-order valence-electron chi connectivity index (χ2n) is 9.20. The summed E-state index contributed by atoms with van der Waals surface area (Å²) in [5, 5.41) is 4.05. The van der Waals surface area contributed by atoms with Crippen LogP contribution in [0, 0.1) is 11.6 Å². The predicted octanol–water partition coefficient (Wildman–Crippen LogP) is 3.84. The zero-order valence-corrected chi connectivity index (χ0v) is 20.2. The number of ether oxygens (including phenoxy) is 1. The Labute approximate surface area is 210 Å². The highest BCUT2D eigenvalue weighted by atomic mass is 19.3. The van der Waals surface area contributed by atoms with E-state index in [1.165, 1.54) is 30.1 Å². The second-order valence-corrected chi connectivity index (χ2v) is 9.20. The smallest absolute Gasteiger partial charge is 0.257 e. The van der Waals surface area contributed by atoms with E-state index in [2.05, 4.69) is 5.10 Å². The Morgan fingerprint density at radius 2 is 1.92 bits per heavy atom. The number of piperidine rings is 1. The Morgan fingerprint density at radius 3 is 2.62 bits per heavy atom. The molecule has 0 spiro atoms. The van der Waals surface area contributed by atoms with Crippen molar-refractivity contribution in [3.63, 3.8) is 0 Å². The van der Waals surface area contributed by atoms with Gasteiger partial charge in [-0.05, 0) is 12.1 Å². The number of hydrogen-bond donors (Lipinski definition) is 0. The number of amides is 1. The summed E-state index contributed by atoms with van der Waals surface area (Å²) in [6, 6.07) is 3.23. The zero-order chi connectivity index (χ0) is 26.1. The van der Waals surface area contributed by atoms with E-state index in [9.17, 15) is 22.4 Å². The third-order valence-electron chi connectivity index (χ3n) is 6.60. The largest absolute Gasteiger partial charge is 0.487 e. The topological polar surface area (TPSA) is 76.4 Å². The first kappa shape index (κ1) is 25.0. The number of halogens is 4. The highest BCUT2D eigenvalue weighted by Gasteiger charge is 2.29. The third-order valence-corrected chi connectivity index (χ3v) is 6.60. The van der Waals surface area contributed by atoms with Crippen molar-refractivity contribution < 1.29 is 27.1 Å². The van der Waals surface area contributed by atoms with E-state index in [1.807, 2.05) is 4.90 Å². The summed E-state index contributed by atoms with van der Waals surface area (Å²) in [5.41, 5.74) is 2.53. The van der Waals surface area contributed by atoms with E-state index in [4.69, 9.17) is 14.7 Å². The summed E-state index contributed by atoms with van der Waals surface area (Å²) < 4.78 is 60.0. The van der Waals surface area contributed by atoms with Crippen molar-refractivity contribution >= 4 is 11.7 Å². The van der Waals surface area contributed by atoms with Crippen LogP contribution < -0.4 is 9.64 Å². The molecule has 3 aromatic rings. The summed E-state index contributed by atoms with van der Waals surface area (Å²) in [4.78, 5) is 25.4. The summed E-state index contributed by atoms with van der Waals surface area (Å²) in [6.45, 7) is 2.93. The van der Waals surface area contributed by atoms with Crippen molar-refractivity contribution in [2.45, 2.75) is 51.8 Å². The van der Waals surface area contributed by atoms with Gasteiger partial charge in [-0.2, -0.15) is 5.10 Å². The van der Waals surface area contributed by atoms with Crippen molar-refractivity contribution in [1.82, 2.24) is 24.6 Å². The van der Waals surface area contributed by atoms with Crippen molar-refractivity contribution in [3.05, 3.63) is 53.6 Å². The van der Waals surface area contributed by atoms with Gasteiger partial charge in [0.25, 0.3) is 6.43 Å². The number of rotatable bonds is 6. The molecule has 0 atom stereocenters. The number of aromatic nitrogens is 4. The SMILES string of the molecule is CC(=O)N1CCc2nc(N3CCC(Oc4ccc(F)cc4F)CC3)c(-c3cnn(CC(F)F)c3)nc2C1. The first-order valence-corrected chi connectivity index (χ1v) is 12.1. The summed E-state index contributed by atoms with van der Waals surface area (Å²) in [6.07, 6.45) is 1.89. The number of hydrogen-bond acceptors (Lipinski definition) is 6. The van der Waals surface area contributed by atoms with Gasteiger partial charge in [-0.3, -0.25) is 9.48 Å². The lowest BCUT2D eigenvalue weighted by Crippen LogP contribution is -2.40. The lowest BCUT2D eigenvalue weighted by molar-refractivity contribution is -0.129. The lowest BCUT2D eigenvalue weighted by atomic mass is 10.1. The molecule has 37 heavy (non-hydrogen) atoms. The minimum atomic E-state index is -2.55. The highest BCUT2D eigenvalue weighted by molar-refractivity contribution is 5.74. The van der Waals surface area contributed by atoms with Crippen LogP contribution in [-0.2, 0) is 24.3 Å². The predicted molar refractivity (Wildman–Crippen MR) is 126 cm³/mol. The second kappa shape index (κ2) is 10.3. The van der Waals surface area contributed by atoms with E-state index in [0.717, 1.165) is 17.8 Å². The van der Waals surface area contributed by atoms with E-state index in [0.29, 0.717) is 68.2 Å². The summed E-state index contributed by atoms with van der Waals surface area (Å²) in [5.74, 6) is -0.844. The molecule has 1 saturated heterocycles. The Hall–Kier alpha value is -3.70. The van der Waals surface area contributed by atoms with Crippen molar-refractivity contribution in [1.29, 1.82) is 0 Å². The van der Waals surface area contributed by atoms with Crippen LogP contribution in [0.1, 0.15) is 31.2 Å². The van der Waals surface area contributed by atoms with Crippen LogP contribution in [0.15, 0.2) is 30.6 Å². The van der Waals surface area contributed by atoms with Crippen LogP contribution in [0.25, 0.3) is 11.3 Å². The fourth-order valence-electron chi connectivity index (χ4n) is 4.67. The van der Waals surface area contributed by atoms with Gasteiger partial charge in [-0.15, -0.1) is 0 Å². The molecular weight excluding hydrogens is 492 g/mol. The van der Waals surface area contributed by atoms with Crippen molar-refractivity contribution in [3.8, 4) is 17.0 Å². The fraction of sp³-hybridized carbons (Fsp3) is 0.440. The van der Waals surface area contributed by atoms with Crippen LogP contribution in [0.2, 0.25) is 0 Å². The Kier molecular flexibility index (Phi) is 6.98. The van der Waals surface area contributed by atoms with E-state index in [1.54, 1.807) is 4.90 Å². The molecule has 1 amide bonds. The molecule has 1 fully saturated rings. The summed E-state index contributed by atoms with van der Waals surface area (Å²) in [7, 11) is 0. The molecule has 12 heteroatoms. The molecule has 4 heterocycles. The molecule has 0 unspecified atom stereocenters. The number of anilines is 1. The standard InChI is InChI=1S/C25H26F4N6O2/c1-15(36)34-9-6-20-21(13-34)31-24(16-11-30-35(12-16)14-23(28)29)25(32-20)33-7-4-18(5-8-33)37-22-3-2-17(26)10-19(22)27/h2-3,10-12,18,23H,4-9,13-14H2,1H3. The number of benzene rings is 1. The molecule has 0 N–H and O–H groups in total. The van der Waals surface area contributed by atoms with Gasteiger partial charge in [0.2, 0.25) is 5.91 Å². The van der Waals surface area contributed by atoms with Crippen molar-refractivity contribution in [2.75, 3.05) is 24.5 Å². The van der Waals surface area contributed by atoms with Crippen LogP contribution in [0.3, 0.4) is 0 Å². The Balaban J connectivity index is 1.40. The van der Waals surface area contributed by atoms with Gasteiger partial charge in [0.05, 0.1) is 24.1 Å². The van der Waals surface area contributed by atoms with E-state index in [-0.39, 0.29) is 17.8 Å². The first-order valence-electron chi connectivity index (χ1n) is 12.1. The normalized spacial score (nSPS) is 16.3. The van der Waals surface area contributed by atoms with Crippen LogP contribution in [0.5, 0.6) is 5.75 Å². The highest BCUT2D eigenvalue weighted by Crippen LogP contribution is 2.33. The minimum Gasteiger partial charge on any atom is -0.487 e. The quantitative estimate of drug-likeness (QED) is 0.462. The molecule has 2 aliphatic rings. The molecule has 1 aromatic carbocycles. The van der Waals surface area contributed by atoms with Gasteiger partial charge in [0.15, 0.2) is 17.4 Å². The maximum Gasteiger partial charge on any atom is 0.257 e. The molecule has 0 radical (unpaired) electrons. The molecule has 0 bridgehead atoms. The van der Waals surface area contributed by atoms with Gasteiger partial charge in [-0.25, -0.2) is 27.5 Å². The Bertz CT molecular complexity index is 1290.